The van der Waals surface area contributed by atoms with Crippen LogP contribution in [0, 0.1) is 0 Å². The maximum atomic E-state index is 11.5. The molecule has 1 aromatic rings. The number of carbonyl (C=O) groups excluding carboxylic acids is 1. The Morgan fingerprint density at radius 1 is 1.53 bits per heavy atom. The number of nitrogens with zero attached hydrogens (tertiary/aromatic N) is 2. The van der Waals surface area contributed by atoms with Gasteiger partial charge < -0.3 is 10.5 Å². The Morgan fingerprint density at radius 2 is 2.12 bits per heavy atom. The van der Waals surface area contributed by atoms with Crippen molar-refractivity contribution in [3.8, 4) is 0 Å². The molecule has 0 aliphatic rings. The Hall–Kier alpha value is -1.72. The van der Waals surface area contributed by atoms with Crippen LogP contribution in [0.5, 0.6) is 0 Å². The van der Waals surface area contributed by atoms with E-state index in [1.807, 2.05) is 13.8 Å². The standard InChI is InChI=1S/C11H20N4O2/c1-7(2)15-9(12)8(6-13-15)14-10(16)17-11(3,4)5/h6-7H,12H2,1-5H3,(H,14,16). The van der Waals surface area contributed by atoms with Crippen LogP contribution in [0.25, 0.3) is 0 Å². The summed E-state index contributed by atoms with van der Waals surface area (Å²) in [6, 6.07) is 0.143. The van der Waals surface area contributed by atoms with Gasteiger partial charge in [-0.3, -0.25) is 5.32 Å². The molecule has 1 amide bonds. The largest absolute Gasteiger partial charge is 0.444 e. The van der Waals surface area contributed by atoms with Gasteiger partial charge in [0.05, 0.1) is 6.20 Å². The van der Waals surface area contributed by atoms with E-state index in [0.717, 1.165) is 0 Å². The van der Waals surface area contributed by atoms with Crippen LogP contribution in [0.3, 0.4) is 0 Å². The van der Waals surface area contributed by atoms with Crippen LogP contribution in [0.1, 0.15) is 40.7 Å². The lowest BCUT2D eigenvalue weighted by atomic mass is 10.2. The van der Waals surface area contributed by atoms with Crippen molar-refractivity contribution in [3.05, 3.63) is 6.20 Å². The van der Waals surface area contributed by atoms with Gasteiger partial charge in [-0.15, -0.1) is 0 Å². The number of carbonyl (C=O) groups is 1. The predicted molar refractivity (Wildman–Crippen MR) is 66.9 cm³/mol. The molecule has 1 aromatic heterocycles. The first-order valence-corrected chi connectivity index (χ1v) is 5.53. The molecule has 0 radical (unpaired) electrons. The summed E-state index contributed by atoms with van der Waals surface area (Å²) in [6.07, 6.45) is 0.978. The minimum absolute atomic E-state index is 0.143. The van der Waals surface area contributed by atoms with Gasteiger partial charge >= 0.3 is 6.09 Å². The normalized spacial score (nSPS) is 11.6. The molecule has 1 heterocycles. The van der Waals surface area contributed by atoms with Gasteiger partial charge in [-0.1, -0.05) is 0 Å². The number of nitrogens with two attached hydrogens (primary N) is 1. The molecule has 0 aromatic carbocycles. The van der Waals surface area contributed by atoms with E-state index in [2.05, 4.69) is 10.4 Å². The van der Waals surface area contributed by atoms with Crippen LogP contribution < -0.4 is 11.1 Å². The molecule has 0 fully saturated rings. The zero-order valence-corrected chi connectivity index (χ0v) is 10.9. The Labute approximate surface area is 101 Å². The molecule has 0 bridgehead atoms. The van der Waals surface area contributed by atoms with Gasteiger partial charge in [0.2, 0.25) is 0 Å². The Morgan fingerprint density at radius 3 is 2.53 bits per heavy atom. The first kappa shape index (κ1) is 13.3. The Bertz CT molecular complexity index is 404. The molecular weight excluding hydrogens is 220 g/mol. The monoisotopic (exact) mass is 240 g/mol. The molecule has 0 saturated heterocycles. The van der Waals surface area contributed by atoms with Crippen molar-refractivity contribution in [1.82, 2.24) is 9.78 Å². The van der Waals surface area contributed by atoms with Crippen molar-refractivity contribution in [3.63, 3.8) is 0 Å². The summed E-state index contributed by atoms with van der Waals surface area (Å²) < 4.78 is 6.76. The number of nitrogen functional groups attached to an aromatic ring is 1. The lowest BCUT2D eigenvalue weighted by molar-refractivity contribution is 0.0636. The summed E-state index contributed by atoms with van der Waals surface area (Å²) in [4.78, 5) is 11.5. The number of nitrogens with one attached hydrogen (secondary N) is 1. The summed E-state index contributed by atoms with van der Waals surface area (Å²) in [5.74, 6) is 0.422. The van der Waals surface area contributed by atoms with Crippen LogP contribution in [-0.2, 0) is 4.74 Å². The number of ether oxygens (including phenoxy) is 1. The van der Waals surface area contributed by atoms with E-state index in [0.29, 0.717) is 11.5 Å². The molecule has 6 nitrogen and oxygen atoms in total. The second-order valence-corrected chi connectivity index (χ2v) is 5.11. The number of hydrogen-bond acceptors (Lipinski definition) is 4. The molecular formula is C11H20N4O2. The third-order valence-corrected chi connectivity index (χ3v) is 1.96. The van der Waals surface area contributed by atoms with E-state index in [9.17, 15) is 4.79 Å². The fourth-order valence-corrected chi connectivity index (χ4v) is 1.29. The molecule has 3 N–H and O–H groups in total. The average molecular weight is 240 g/mol. The second-order valence-electron chi connectivity index (χ2n) is 5.11. The maximum absolute atomic E-state index is 11.5. The zero-order valence-electron chi connectivity index (χ0n) is 10.9. The summed E-state index contributed by atoms with van der Waals surface area (Å²) in [5, 5.41) is 6.66. The first-order valence-electron chi connectivity index (χ1n) is 5.53. The Kier molecular flexibility index (Phi) is 3.65. The van der Waals surface area contributed by atoms with Gasteiger partial charge in [-0.05, 0) is 34.6 Å². The average Bonchev–Trinajstić information content (AvgIpc) is 2.44. The number of amides is 1. The lowest BCUT2D eigenvalue weighted by Crippen LogP contribution is -2.27. The molecule has 1 rings (SSSR count). The summed E-state index contributed by atoms with van der Waals surface area (Å²) in [6.45, 7) is 9.32. The summed E-state index contributed by atoms with van der Waals surface area (Å²) in [5.41, 5.74) is 5.78. The molecule has 0 aliphatic carbocycles. The zero-order chi connectivity index (χ0) is 13.2. The van der Waals surface area contributed by atoms with Crippen molar-refractivity contribution in [2.24, 2.45) is 0 Å². The van der Waals surface area contributed by atoms with Crippen molar-refractivity contribution in [2.75, 3.05) is 11.1 Å². The van der Waals surface area contributed by atoms with Gasteiger partial charge in [-0.25, -0.2) is 9.48 Å². The van der Waals surface area contributed by atoms with Gasteiger partial charge in [0.15, 0.2) is 0 Å². The van der Waals surface area contributed by atoms with Crippen LogP contribution >= 0.6 is 0 Å². The quantitative estimate of drug-likeness (QED) is 0.831. The Balaban J connectivity index is 2.73. The van der Waals surface area contributed by atoms with Crippen molar-refractivity contribution in [1.29, 1.82) is 0 Å². The number of rotatable bonds is 2. The van der Waals surface area contributed by atoms with E-state index in [4.69, 9.17) is 10.5 Å². The third kappa shape index (κ3) is 3.65. The smallest absolute Gasteiger partial charge is 0.412 e. The van der Waals surface area contributed by atoms with Crippen molar-refractivity contribution in [2.45, 2.75) is 46.3 Å². The molecule has 6 heteroatoms. The van der Waals surface area contributed by atoms with Crippen LogP contribution in [0.4, 0.5) is 16.3 Å². The van der Waals surface area contributed by atoms with Gasteiger partial charge in [0, 0.05) is 6.04 Å². The van der Waals surface area contributed by atoms with Crippen molar-refractivity contribution >= 4 is 17.6 Å². The second kappa shape index (κ2) is 4.65. The fourth-order valence-electron chi connectivity index (χ4n) is 1.29. The SMILES string of the molecule is CC(C)n1ncc(NC(=O)OC(C)(C)C)c1N. The first-order chi connectivity index (χ1) is 7.70. The predicted octanol–water partition coefficient (Wildman–Crippen LogP) is 2.39. The summed E-state index contributed by atoms with van der Waals surface area (Å²) >= 11 is 0. The van der Waals surface area contributed by atoms with E-state index in [1.165, 1.54) is 6.20 Å². The number of hydrogen-bond donors (Lipinski definition) is 2. The minimum atomic E-state index is -0.535. The van der Waals surface area contributed by atoms with Crippen molar-refractivity contribution < 1.29 is 9.53 Å². The van der Waals surface area contributed by atoms with Gasteiger partial charge in [-0.2, -0.15) is 5.10 Å². The molecule has 17 heavy (non-hydrogen) atoms. The minimum Gasteiger partial charge on any atom is -0.444 e. The van der Waals surface area contributed by atoms with E-state index in [1.54, 1.807) is 25.5 Å². The summed E-state index contributed by atoms with van der Waals surface area (Å²) in [7, 11) is 0. The topological polar surface area (TPSA) is 82.2 Å². The van der Waals surface area contributed by atoms with E-state index >= 15 is 0 Å². The highest BCUT2D eigenvalue weighted by atomic mass is 16.6. The van der Waals surface area contributed by atoms with Crippen LogP contribution in [0.15, 0.2) is 6.20 Å². The van der Waals surface area contributed by atoms with E-state index in [-0.39, 0.29) is 6.04 Å². The molecule has 0 saturated carbocycles. The molecule has 0 unspecified atom stereocenters. The van der Waals surface area contributed by atoms with Gasteiger partial charge in [0.25, 0.3) is 0 Å². The molecule has 0 spiro atoms. The highest BCUT2D eigenvalue weighted by Gasteiger charge is 2.18. The number of anilines is 2. The molecule has 0 atom stereocenters. The number of aromatic nitrogens is 2. The lowest BCUT2D eigenvalue weighted by Gasteiger charge is -2.19. The third-order valence-electron chi connectivity index (χ3n) is 1.96. The maximum Gasteiger partial charge on any atom is 0.412 e. The molecule has 0 aliphatic heterocycles. The highest BCUT2D eigenvalue weighted by Crippen LogP contribution is 2.21. The highest BCUT2D eigenvalue weighted by molar-refractivity contribution is 5.88. The van der Waals surface area contributed by atoms with Gasteiger partial charge in [0.1, 0.15) is 17.1 Å². The van der Waals surface area contributed by atoms with Crippen LogP contribution in [-0.4, -0.2) is 21.5 Å². The molecule has 96 valence electrons. The van der Waals surface area contributed by atoms with Crippen LogP contribution in [0.2, 0.25) is 0 Å². The fraction of sp³-hybridized carbons (Fsp3) is 0.636. The van der Waals surface area contributed by atoms with E-state index < -0.39 is 11.7 Å².